The fraction of sp³-hybridized carbons (Fsp3) is 0.300. The lowest BCUT2D eigenvalue weighted by Crippen LogP contribution is -2.20. The van der Waals surface area contributed by atoms with Crippen molar-refractivity contribution in [3.63, 3.8) is 0 Å². The van der Waals surface area contributed by atoms with Crippen LogP contribution in [0.1, 0.15) is 23.6 Å². The number of phenols is 1. The summed E-state index contributed by atoms with van der Waals surface area (Å²) in [7, 11) is 0. The molecule has 0 saturated carbocycles. The van der Waals surface area contributed by atoms with E-state index in [1.165, 1.54) is 0 Å². The molecule has 1 aromatic rings. The molecule has 0 aliphatic heterocycles. The summed E-state index contributed by atoms with van der Waals surface area (Å²) in [5.74, 6) is -0.372. The Morgan fingerprint density at radius 3 is 2.79 bits per heavy atom. The minimum atomic E-state index is -0.535. The van der Waals surface area contributed by atoms with E-state index in [4.69, 9.17) is 11.5 Å². The highest BCUT2D eigenvalue weighted by Gasteiger charge is 2.13. The first-order chi connectivity index (χ1) is 6.50. The third-order valence-corrected chi connectivity index (χ3v) is 2.00. The van der Waals surface area contributed by atoms with Crippen molar-refractivity contribution in [2.24, 2.45) is 11.5 Å². The normalized spacial score (nSPS) is 12.4. The number of phenolic OH excluding ortho intramolecular Hbond substituents is 1. The first kappa shape index (κ1) is 10.5. The van der Waals surface area contributed by atoms with Crippen molar-refractivity contribution in [3.05, 3.63) is 29.3 Å². The monoisotopic (exact) mass is 194 g/mol. The number of aromatic hydroxyl groups is 1. The van der Waals surface area contributed by atoms with Crippen molar-refractivity contribution in [2.45, 2.75) is 19.4 Å². The summed E-state index contributed by atoms with van der Waals surface area (Å²) in [5.41, 5.74) is 12.3. The summed E-state index contributed by atoms with van der Waals surface area (Å²) in [6.45, 7) is 1.89. The number of rotatable bonds is 3. The molecule has 0 bridgehead atoms. The van der Waals surface area contributed by atoms with Crippen molar-refractivity contribution in [2.75, 3.05) is 0 Å². The largest absolute Gasteiger partial charge is 0.508 e. The van der Waals surface area contributed by atoms with Crippen molar-refractivity contribution < 1.29 is 9.90 Å². The van der Waals surface area contributed by atoms with E-state index >= 15 is 0 Å². The summed E-state index contributed by atoms with van der Waals surface area (Å²) in [6.07, 6.45) is 0.0387. The van der Waals surface area contributed by atoms with Gasteiger partial charge < -0.3 is 16.6 Å². The minimum absolute atomic E-state index is 0.0387. The Morgan fingerprint density at radius 1 is 1.57 bits per heavy atom. The molecule has 0 aliphatic rings. The predicted octanol–water partition coefficient (Wildman–Crippen LogP) is 0.576. The van der Waals surface area contributed by atoms with Gasteiger partial charge in [-0.25, -0.2) is 0 Å². The van der Waals surface area contributed by atoms with Crippen LogP contribution in [0.15, 0.2) is 18.2 Å². The molecule has 0 spiro atoms. The van der Waals surface area contributed by atoms with Crippen molar-refractivity contribution in [1.29, 1.82) is 0 Å². The van der Waals surface area contributed by atoms with E-state index in [2.05, 4.69) is 0 Å². The van der Waals surface area contributed by atoms with Gasteiger partial charge in [0.25, 0.3) is 0 Å². The topological polar surface area (TPSA) is 89.3 Å². The lowest BCUT2D eigenvalue weighted by atomic mass is 10.0. The number of aryl methyl sites for hydroxylation is 1. The highest BCUT2D eigenvalue weighted by molar-refractivity contribution is 5.74. The average Bonchev–Trinajstić information content (AvgIpc) is 2.08. The molecule has 0 radical (unpaired) electrons. The number of nitrogens with two attached hydrogens (primary N) is 2. The van der Waals surface area contributed by atoms with Gasteiger partial charge in [0, 0.05) is 18.0 Å². The van der Waals surface area contributed by atoms with Gasteiger partial charge in [0.2, 0.25) is 5.91 Å². The molecule has 0 saturated heterocycles. The lowest BCUT2D eigenvalue weighted by molar-refractivity contribution is -0.118. The Labute approximate surface area is 82.5 Å². The standard InChI is InChI=1S/C10H14N2O2/c1-6-2-3-9(13)7(4-6)8(11)5-10(12)14/h2-4,8,13H,5,11H2,1H3,(H2,12,14). The molecule has 1 aromatic carbocycles. The molecule has 0 heterocycles. The van der Waals surface area contributed by atoms with Gasteiger partial charge in [-0.05, 0) is 13.0 Å². The van der Waals surface area contributed by atoms with Crippen LogP contribution in [0, 0.1) is 6.92 Å². The number of benzene rings is 1. The number of amides is 1. The van der Waals surface area contributed by atoms with Gasteiger partial charge >= 0.3 is 0 Å². The van der Waals surface area contributed by atoms with Crippen LogP contribution in [0.25, 0.3) is 0 Å². The highest BCUT2D eigenvalue weighted by Crippen LogP contribution is 2.25. The quantitative estimate of drug-likeness (QED) is 0.657. The van der Waals surface area contributed by atoms with Crippen LogP contribution in [0.3, 0.4) is 0 Å². The van der Waals surface area contributed by atoms with E-state index in [0.717, 1.165) is 5.56 Å². The molecule has 14 heavy (non-hydrogen) atoms. The third-order valence-electron chi connectivity index (χ3n) is 2.00. The van der Waals surface area contributed by atoms with Gasteiger partial charge in [-0.15, -0.1) is 0 Å². The molecule has 4 heteroatoms. The summed E-state index contributed by atoms with van der Waals surface area (Å²) in [6, 6.07) is 4.55. The van der Waals surface area contributed by atoms with E-state index in [0.29, 0.717) is 5.56 Å². The molecule has 0 fully saturated rings. The Balaban J connectivity index is 2.93. The number of hydrogen-bond donors (Lipinski definition) is 3. The lowest BCUT2D eigenvalue weighted by Gasteiger charge is -2.12. The maximum absolute atomic E-state index is 10.6. The van der Waals surface area contributed by atoms with Crippen LogP contribution in [-0.4, -0.2) is 11.0 Å². The second-order valence-electron chi connectivity index (χ2n) is 3.34. The molecule has 0 aliphatic carbocycles. The molecule has 0 aromatic heterocycles. The summed E-state index contributed by atoms with van der Waals surface area (Å²) in [5, 5.41) is 9.49. The summed E-state index contributed by atoms with van der Waals surface area (Å²) >= 11 is 0. The molecule has 4 nitrogen and oxygen atoms in total. The molecular weight excluding hydrogens is 180 g/mol. The molecule has 5 N–H and O–H groups in total. The van der Waals surface area contributed by atoms with Gasteiger partial charge in [0.05, 0.1) is 0 Å². The van der Waals surface area contributed by atoms with Crippen LogP contribution >= 0.6 is 0 Å². The molecule has 1 atom stereocenters. The van der Waals surface area contributed by atoms with E-state index < -0.39 is 11.9 Å². The zero-order valence-electron chi connectivity index (χ0n) is 8.03. The van der Waals surface area contributed by atoms with E-state index in [-0.39, 0.29) is 12.2 Å². The van der Waals surface area contributed by atoms with Crippen LogP contribution in [0.2, 0.25) is 0 Å². The fourth-order valence-electron chi connectivity index (χ4n) is 1.30. The molecule has 76 valence electrons. The van der Waals surface area contributed by atoms with Crippen molar-refractivity contribution in [3.8, 4) is 5.75 Å². The summed E-state index contributed by atoms with van der Waals surface area (Å²) < 4.78 is 0. The number of primary amides is 1. The minimum Gasteiger partial charge on any atom is -0.508 e. The van der Waals surface area contributed by atoms with E-state index in [9.17, 15) is 9.90 Å². The third kappa shape index (κ3) is 2.47. The van der Waals surface area contributed by atoms with Crippen molar-refractivity contribution >= 4 is 5.91 Å². The average molecular weight is 194 g/mol. The number of hydrogen-bond acceptors (Lipinski definition) is 3. The molecular formula is C10H14N2O2. The van der Waals surface area contributed by atoms with Gasteiger partial charge in [0.15, 0.2) is 0 Å². The maximum atomic E-state index is 10.6. The zero-order chi connectivity index (χ0) is 10.7. The zero-order valence-corrected chi connectivity index (χ0v) is 8.03. The van der Waals surface area contributed by atoms with E-state index in [1.54, 1.807) is 18.2 Å². The predicted molar refractivity (Wildman–Crippen MR) is 53.6 cm³/mol. The Hall–Kier alpha value is -1.55. The highest BCUT2D eigenvalue weighted by atomic mass is 16.3. The molecule has 1 unspecified atom stereocenters. The second kappa shape index (κ2) is 4.11. The van der Waals surface area contributed by atoms with Gasteiger partial charge in [-0.3, -0.25) is 4.79 Å². The van der Waals surface area contributed by atoms with Gasteiger partial charge in [0.1, 0.15) is 5.75 Å². The number of carbonyl (C=O) groups excluding carboxylic acids is 1. The first-order valence-corrected chi connectivity index (χ1v) is 4.34. The van der Waals surface area contributed by atoms with Crippen LogP contribution in [-0.2, 0) is 4.79 Å². The second-order valence-corrected chi connectivity index (χ2v) is 3.34. The summed E-state index contributed by atoms with van der Waals surface area (Å²) in [4.78, 5) is 10.6. The first-order valence-electron chi connectivity index (χ1n) is 4.34. The van der Waals surface area contributed by atoms with Crippen LogP contribution in [0.5, 0.6) is 5.75 Å². The molecule has 1 rings (SSSR count). The van der Waals surface area contributed by atoms with Gasteiger partial charge in [-0.2, -0.15) is 0 Å². The van der Waals surface area contributed by atoms with Crippen LogP contribution in [0.4, 0.5) is 0 Å². The Bertz CT molecular complexity index is 350. The molecule has 1 amide bonds. The Kier molecular flexibility index (Phi) is 3.09. The van der Waals surface area contributed by atoms with Crippen molar-refractivity contribution in [1.82, 2.24) is 0 Å². The maximum Gasteiger partial charge on any atom is 0.219 e. The Morgan fingerprint density at radius 2 is 2.21 bits per heavy atom. The van der Waals surface area contributed by atoms with Gasteiger partial charge in [-0.1, -0.05) is 17.7 Å². The fourth-order valence-corrected chi connectivity index (χ4v) is 1.30. The SMILES string of the molecule is Cc1ccc(O)c(C(N)CC(N)=O)c1. The van der Waals surface area contributed by atoms with E-state index in [1.807, 2.05) is 6.92 Å². The van der Waals surface area contributed by atoms with Crippen LogP contribution < -0.4 is 11.5 Å². The smallest absolute Gasteiger partial charge is 0.219 e. The number of carbonyl (C=O) groups is 1.